The normalized spacial score (nSPS) is 11.1. The molecule has 6 heteroatoms. The topological polar surface area (TPSA) is 66.4 Å². The lowest BCUT2D eigenvalue weighted by Crippen LogP contribution is -2.18. The van der Waals surface area contributed by atoms with Gasteiger partial charge in [0.25, 0.3) is 0 Å². The fraction of sp³-hybridized carbons (Fsp3) is 0.467. The molecule has 0 saturated carbocycles. The average molecular weight is 313 g/mol. The maximum atomic E-state index is 13.2. The molecule has 0 heterocycles. The van der Waals surface area contributed by atoms with Gasteiger partial charge in [-0.25, -0.2) is 12.8 Å². The number of rotatable bonds is 6. The third-order valence-corrected chi connectivity index (χ3v) is 3.97. The Morgan fingerprint density at radius 1 is 1.38 bits per heavy atom. The van der Waals surface area contributed by atoms with Gasteiger partial charge in [-0.1, -0.05) is 25.7 Å². The smallest absolute Gasteiger partial charge is 0.232 e. The number of halogens is 1. The summed E-state index contributed by atoms with van der Waals surface area (Å²) < 4.78 is 39.6. The summed E-state index contributed by atoms with van der Waals surface area (Å²) in [5.74, 6) is 5.11. The fourth-order valence-electron chi connectivity index (χ4n) is 1.53. The van der Waals surface area contributed by atoms with Gasteiger partial charge in [-0.15, -0.1) is 0 Å². The zero-order valence-corrected chi connectivity index (χ0v) is 13.0. The Bertz CT molecular complexity index is 630. The number of nitrogens with one attached hydrogen (secondary N) is 1. The van der Waals surface area contributed by atoms with Gasteiger partial charge < -0.3 is 5.11 Å². The summed E-state index contributed by atoms with van der Waals surface area (Å²) in [4.78, 5) is 0. The molecule has 0 spiro atoms. The van der Waals surface area contributed by atoms with E-state index in [4.69, 9.17) is 5.11 Å². The van der Waals surface area contributed by atoms with Crippen molar-refractivity contribution in [3.63, 3.8) is 0 Å². The third-order valence-electron chi connectivity index (χ3n) is 2.67. The molecule has 0 atom stereocenters. The molecule has 4 nitrogen and oxygen atoms in total. The summed E-state index contributed by atoms with van der Waals surface area (Å²) in [7, 11) is -3.49. The van der Waals surface area contributed by atoms with Gasteiger partial charge in [0.1, 0.15) is 5.82 Å². The van der Waals surface area contributed by atoms with E-state index >= 15 is 0 Å². The number of hydrogen-bond donors (Lipinski definition) is 2. The molecule has 0 aliphatic heterocycles. The molecule has 0 fully saturated rings. The Balaban J connectivity index is 2.95. The second-order valence-electron chi connectivity index (χ2n) is 5.07. The van der Waals surface area contributed by atoms with E-state index in [2.05, 4.69) is 16.6 Å². The van der Waals surface area contributed by atoms with Gasteiger partial charge in [-0.2, -0.15) is 0 Å². The molecule has 0 aliphatic carbocycles. The van der Waals surface area contributed by atoms with Crippen LogP contribution in [0.3, 0.4) is 0 Å². The highest BCUT2D eigenvalue weighted by molar-refractivity contribution is 7.92. The molecule has 0 saturated heterocycles. The van der Waals surface area contributed by atoms with Gasteiger partial charge in [0.15, 0.2) is 0 Å². The Morgan fingerprint density at radius 2 is 2.10 bits per heavy atom. The molecule has 0 aliphatic rings. The van der Waals surface area contributed by atoms with Gasteiger partial charge >= 0.3 is 0 Å². The Hall–Kier alpha value is -1.58. The van der Waals surface area contributed by atoms with Crippen molar-refractivity contribution in [2.24, 2.45) is 5.92 Å². The lowest BCUT2D eigenvalue weighted by molar-refractivity contribution is 0.305. The van der Waals surface area contributed by atoms with Crippen LogP contribution >= 0.6 is 0 Å². The molecule has 0 unspecified atom stereocenters. The minimum absolute atomic E-state index is 0.00551. The van der Waals surface area contributed by atoms with Crippen molar-refractivity contribution in [1.29, 1.82) is 0 Å². The van der Waals surface area contributed by atoms with E-state index in [1.54, 1.807) is 0 Å². The molecule has 21 heavy (non-hydrogen) atoms. The maximum Gasteiger partial charge on any atom is 0.232 e. The van der Waals surface area contributed by atoms with Crippen molar-refractivity contribution in [3.8, 4) is 11.8 Å². The molecule has 0 amide bonds. The van der Waals surface area contributed by atoms with Crippen LogP contribution in [-0.2, 0) is 10.0 Å². The lowest BCUT2D eigenvalue weighted by Gasteiger charge is -2.11. The first kappa shape index (κ1) is 17.5. The first-order valence-electron chi connectivity index (χ1n) is 6.74. The zero-order chi connectivity index (χ0) is 15.9. The Kier molecular flexibility index (Phi) is 6.66. The SMILES string of the molecule is CC(C)CCS(=O)(=O)Nc1ccc(F)cc1C#CCCO. The van der Waals surface area contributed by atoms with Crippen LogP contribution < -0.4 is 4.72 Å². The molecule has 0 bridgehead atoms. The van der Waals surface area contributed by atoms with E-state index < -0.39 is 15.8 Å². The van der Waals surface area contributed by atoms with Crippen molar-refractivity contribution in [1.82, 2.24) is 0 Å². The van der Waals surface area contributed by atoms with Crippen LogP contribution in [0.2, 0.25) is 0 Å². The monoisotopic (exact) mass is 313 g/mol. The third kappa shape index (κ3) is 6.61. The molecule has 0 radical (unpaired) electrons. The summed E-state index contributed by atoms with van der Waals surface area (Å²) in [5.41, 5.74) is 0.516. The molecule has 1 aromatic rings. The van der Waals surface area contributed by atoms with E-state index in [-0.39, 0.29) is 35.9 Å². The number of hydrogen-bond acceptors (Lipinski definition) is 3. The standard InChI is InChI=1S/C15H20FNO3S/c1-12(2)8-10-21(19,20)17-15-7-6-14(16)11-13(15)5-3-4-9-18/h6-7,11-12,17-18H,4,8-10H2,1-2H3. The Labute approximate surface area is 125 Å². The number of aliphatic hydroxyl groups is 1. The zero-order valence-electron chi connectivity index (χ0n) is 12.2. The van der Waals surface area contributed by atoms with Crippen LogP contribution in [0, 0.1) is 23.6 Å². The average Bonchev–Trinajstić information content (AvgIpc) is 2.40. The quantitative estimate of drug-likeness (QED) is 0.792. The summed E-state index contributed by atoms with van der Waals surface area (Å²) >= 11 is 0. The van der Waals surface area contributed by atoms with Crippen molar-refractivity contribution >= 4 is 15.7 Å². The van der Waals surface area contributed by atoms with E-state index in [0.29, 0.717) is 6.42 Å². The van der Waals surface area contributed by atoms with Crippen molar-refractivity contribution in [3.05, 3.63) is 29.6 Å². The second kappa shape index (κ2) is 8.01. The molecule has 116 valence electrons. The highest BCUT2D eigenvalue weighted by Crippen LogP contribution is 2.18. The molecule has 1 aromatic carbocycles. The van der Waals surface area contributed by atoms with Crippen LogP contribution in [0.5, 0.6) is 0 Å². The number of aliphatic hydroxyl groups excluding tert-OH is 1. The Morgan fingerprint density at radius 3 is 2.71 bits per heavy atom. The first-order chi connectivity index (χ1) is 9.84. The molecule has 0 aromatic heterocycles. The highest BCUT2D eigenvalue weighted by Gasteiger charge is 2.13. The van der Waals surface area contributed by atoms with Crippen LogP contribution in [0.1, 0.15) is 32.3 Å². The van der Waals surface area contributed by atoms with Crippen molar-refractivity contribution < 1.29 is 17.9 Å². The van der Waals surface area contributed by atoms with E-state index in [0.717, 1.165) is 0 Å². The fourth-order valence-corrected chi connectivity index (χ4v) is 2.93. The van der Waals surface area contributed by atoms with E-state index in [1.807, 2.05) is 13.8 Å². The second-order valence-corrected chi connectivity index (χ2v) is 6.91. The lowest BCUT2D eigenvalue weighted by atomic mass is 10.2. The van der Waals surface area contributed by atoms with Crippen molar-refractivity contribution in [2.75, 3.05) is 17.1 Å². The van der Waals surface area contributed by atoms with Gasteiger partial charge in [0.2, 0.25) is 10.0 Å². The van der Waals surface area contributed by atoms with Crippen molar-refractivity contribution in [2.45, 2.75) is 26.7 Å². The summed E-state index contributed by atoms with van der Waals surface area (Å²) in [5, 5.41) is 8.69. The van der Waals surface area contributed by atoms with Gasteiger partial charge in [-0.3, -0.25) is 4.72 Å². The molecule has 1 rings (SSSR count). The summed E-state index contributed by atoms with van der Waals surface area (Å²) in [6.07, 6.45) is 0.790. The van der Waals surface area contributed by atoms with Gasteiger partial charge in [-0.05, 0) is 30.5 Å². The highest BCUT2D eigenvalue weighted by atomic mass is 32.2. The summed E-state index contributed by atoms with van der Waals surface area (Å²) in [6.45, 7) is 3.79. The minimum Gasteiger partial charge on any atom is -0.395 e. The molecular weight excluding hydrogens is 293 g/mol. The van der Waals surface area contributed by atoms with Gasteiger partial charge in [0, 0.05) is 6.42 Å². The van der Waals surface area contributed by atoms with E-state index in [1.165, 1.54) is 18.2 Å². The molecule has 2 N–H and O–H groups in total. The van der Waals surface area contributed by atoms with Crippen LogP contribution in [0.15, 0.2) is 18.2 Å². The van der Waals surface area contributed by atoms with Gasteiger partial charge in [0.05, 0.1) is 23.6 Å². The largest absolute Gasteiger partial charge is 0.395 e. The van der Waals surface area contributed by atoms with Crippen LogP contribution in [-0.4, -0.2) is 25.9 Å². The summed E-state index contributed by atoms with van der Waals surface area (Å²) in [6, 6.07) is 3.70. The minimum atomic E-state index is -3.49. The predicted octanol–water partition coefficient (Wildman–Crippen LogP) is 2.35. The predicted molar refractivity (Wildman–Crippen MR) is 81.8 cm³/mol. The first-order valence-corrected chi connectivity index (χ1v) is 8.39. The number of sulfonamides is 1. The van der Waals surface area contributed by atoms with Crippen LogP contribution in [0.4, 0.5) is 10.1 Å². The van der Waals surface area contributed by atoms with Crippen LogP contribution in [0.25, 0.3) is 0 Å². The molecular formula is C15H20FNO3S. The maximum absolute atomic E-state index is 13.2. The number of anilines is 1. The van der Waals surface area contributed by atoms with E-state index in [9.17, 15) is 12.8 Å². The number of benzene rings is 1.